The molecule has 2 aromatic heterocycles. The van der Waals surface area contributed by atoms with E-state index in [2.05, 4.69) is 122 Å². The summed E-state index contributed by atoms with van der Waals surface area (Å²) in [6.07, 6.45) is 9.11. The maximum absolute atomic E-state index is 2.51. The highest BCUT2D eigenvalue weighted by Crippen LogP contribution is 2.25. The van der Waals surface area contributed by atoms with Gasteiger partial charge in [-0.1, -0.05) is 43.5 Å². The van der Waals surface area contributed by atoms with Gasteiger partial charge in [-0.25, -0.2) is 0 Å². The Labute approximate surface area is 224 Å². The minimum atomic E-state index is 1.10. The van der Waals surface area contributed by atoms with E-state index in [1.54, 1.807) is 0 Å². The van der Waals surface area contributed by atoms with Crippen molar-refractivity contribution in [2.45, 2.75) is 71.9 Å². The lowest BCUT2D eigenvalue weighted by Crippen LogP contribution is -2.38. The number of hydrogen-bond donors (Lipinski definition) is 0. The molecule has 37 heavy (non-hydrogen) atoms. The van der Waals surface area contributed by atoms with E-state index in [0.717, 1.165) is 13.1 Å². The van der Waals surface area contributed by atoms with E-state index in [0.29, 0.717) is 0 Å². The number of fused-ring (bicyclic) bond motifs is 2. The number of aromatic nitrogens is 2. The van der Waals surface area contributed by atoms with Crippen molar-refractivity contribution in [2.75, 3.05) is 38.0 Å². The highest BCUT2D eigenvalue weighted by atomic mass is 15.1. The van der Waals surface area contributed by atoms with Crippen LogP contribution in [0.15, 0.2) is 60.7 Å². The van der Waals surface area contributed by atoms with Gasteiger partial charge in [0.25, 0.3) is 0 Å². The van der Waals surface area contributed by atoms with Gasteiger partial charge in [-0.3, -0.25) is 0 Å². The fraction of sp³-hybridized carbons (Fsp3) is 0.455. The molecule has 0 N–H and O–H groups in total. The monoisotopic (exact) mass is 498 g/mol. The minimum absolute atomic E-state index is 1.10. The Bertz CT molecular complexity index is 1240. The Morgan fingerprint density at radius 1 is 0.514 bits per heavy atom. The average molecular weight is 499 g/mol. The molecule has 4 nitrogen and oxygen atoms in total. The first-order chi connectivity index (χ1) is 17.9. The molecule has 2 aromatic carbocycles. The van der Waals surface area contributed by atoms with E-state index in [4.69, 9.17) is 0 Å². The van der Waals surface area contributed by atoms with Crippen LogP contribution >= 0.6 is 0 Å². The molecular formula is C33H46N4+2. The maximum Gasteiger partial charge on any atom is 0.214 e. The molecule has 0 unspecified atom stereocenters. The summed E-state index contributed by atoms with van der Waals surface area (Å²) in [5.41, 5.74) is 8.01. The normalized spacial score (nSPS) is 11.4. The van der Waals surface area contributed by atoms with E-state index in [1.807, 2.05) is 0 Å². The van der Waals surface area contributed by atoms with Crippen molar-refractivity contribution < 1.29 is 9.13 Å². The highest BCUT2D eigenvalue weighted by molar-refractivity contribution is 5.90. The van der Waals surface area contributed by atoms with E-state index in [1.165, 1.54) is 89.5 Å². The summed E-state index contributed by atoms with van der Waals surface area (Å²) in [7, 11) is 8.53. The van der Waals surface area contributed by atoms with Gasteiger partial charge >= 0.3 is 0 Å². The molecule has 0 aliphatic carbocycles. The van der Waals surface area contributed by atoms with Crippen LogP contribution < -0.4 is 18.9 Å². The SMILES string of the molecule is Cc1cc(N(C)C)c2ccccc2[n+]1CCCCCCCCC[n+]1c(C)cc(N(C)C)c2ccccc21. The van der Waals surface area contributed by atoms with E-state index >= 15 is 0 Å². The molecule has 4 heteroatoms. The summed E-state index contributed by atoms with van der Waals surface area (Å²) in [6, 6.07) is 22.3. The van der Waals surface area contributed by atoms with Crippen LogP contribution in [-0.2, 0) is 13.1 Å². The Balaban J connectivity index is 1.23. The standard InChI is InChI=1S/C33H46N4/c1-26-24-32(34(3)4)28-18-12-14-20-30(28)36(26)22-16-10-8-7-9-11-17-23-37-27(2)25-33(35(5)6)29-19-13-15-21-31(29)37/h12-15,18-21,24-25H,7-11,16-17,22-23H2,1-6H3/q+2. The number of anilines is 2. The number of unbranched alkanes of at least 4 members (excludes halogenated alkanes) is 6. The van der Waals surface area contributed by atoms with Gasteiger partial charge < -0.3 is 9.80 Å². The van der Waals surface area contributed by atoms with Crippen molar-refractivity contribution in [1.82, 2.24) is 0 Å². The number of benzene rings is 2. The Morgan fingerprint density at radius 2 is 0.865 bits per heavy atom. The number of nitrogens with zero attached hydrogens (tertiary/aromatic N) is 4. The van der Waals surface area contributed by atoms with Gasteiger partial charge in [-0.15, -0.1) is 0 Å². The molecule has 4 rings (SSSR count). The zero-order valence-electron chi connectivity index (χ0n) is 23.9. The van der Waals surface area contributed by atoms with Gasteiger partial charge in [0.15, 0.2) is 11.4 Å². The molecule has 196 valence electrons. The molecule has 0 atom stereocenters. The number of aryl methyl sites for hydroxylation is 4. The van der Waals surface area contributed by atoms with E-state index < -0.39 is 0 Å². The van der Waals surface area contributed by atoms with Crippen LogP contribution in [0.5, 0.6) is 0 Å². The number of para-hydroxylation sites is 2. The molecule has 0 amide bonds. The Kier molecular flexibility index (Phi) is 9.02. The maximum atomic E-state index is 2.51. The third-order valence-corrected chi connectivity index (χ3v) is 7.71. The van der Waals surface area contributed by atoms with Crippen LogP contribution in [0.1, 0.15) is 56.3 Å². The summed E-state index contributed by atoms with van der Waals surface area (Å²) in [4.78, 5) is 4.45. The lowest BCUT2D eigenvalue weighted by Gasteiger charge is -2.16. The largest absolute Gasteiger partial charge is 0.377 e. The molecule has 0 saturated carbocycles. The first-order valence-corrected chi connectivity index (χ1v) is 14.1. The van der Waals surface area contributed by atoms with Crippen molar-refractivity contribution in [3.05, 3.63) is 72.1 Å². The third kappa shape index (κ3) is 6.23. The topological polar surface area (TPSA) is 14.2 Å². The molecule has 0 aliphatic rings. The zero-order valence-corrected chi connectivity index (χ0v) is 23.9. The molecule has 2 heterocycles. The van der Waals surface area contributed by atoms with E-state index in [9.17, 15) is 0 Å². The van der Waals surface area contributed by atoms with E-state index in [-0.39, 0.29) is 0 Å². The summed E-state index contributed by atoms with van der Waals surface area (Å²) >= 11 is 0. The molecule has 0 spiro atoms. The van der Waals surface area contributed by atoms with Gasteiger partial charge in [0.1, 0.15) is 13.1 Å². The lowest BCUT2D eigenvalue weighted by atomic mass is 10.1. The molecule has 0 radical (unpaired) electrons. The second kappa shape index (κ2) is 12.4. The van der Waals surface area contributed by atoms with Crippen LogP contribution in [0.25, 0.3) is 21.8 Å². The van der Waals surface area contributed by atoms with Crippen LogP contribution in [0, 0.1) is 13.8 Å². The summed E-state index contributed by atoms with van der Waals surface area (Å²) in [5, 5.41) is 2.69. The fourth-order valence-corrected chi connectivity index (χ4v) is 5.70. The number of rotatable bonds is 12. The van der Waals surface area contributed by atoms with Crippen LogP contribution in [0.3, 0.4) is 0 Å². The third-order valence-electron chi connectivity index (χ3n) is 7.71. The van der Waals surface area contributed by atoms with Crippen molar-refractivity contribution in [3.63, 3.8) is 0 Å². The minimum Gasteiger partial charge on any atom is -0.377 e. The molecule has 4 aromatic rings. The van der Waals surface area contributed by atoms with Gasteiger partial charge in [0, 0.05) is 79.1 Å². The first kappa shape index (κ1) is 26.9. The van der Waals surface area contributed by atoms with Crippen LogP contribution in [0.4, 0.5) is 11.4 Å². The fourth-order valence-electron chi connectivity index (χ4n) is 5.70. The van der Waals surface area contributed by atoms with Gasteiger partial charge in [-0.2, -0.15) is 9.13 Å². The number of hydrogen-bond acceptors (Lipinski definition) is 2. The van der Waals surface area contributed by atoms with Crippen molar-refractivity contribution >= 4 is 33.2 Å². The predicted molar refractivity (Wildman–Crippen MR) is 159 cm³/mol. The molecule has 0 saturated heterocycles. The predicted octanol–water partition coefficient (Wildman–Crippen LogP) is 6.75. The van der Waals surface area contributed by atoms with Gasteiger partial charge in [-0.05, 0) is 25.0 Å². The molecular weight excluding hydrogens is 452 g/mol. The first-order valence-electron chi connectivity index (χ1n) is 14.1. The second-order valence-corrected chi connectivity index (χ2v) is 10.9. The number of pyridine rings is 2. The highest BCUT2D eigenvalue weighted by Gasteiger charge is 2.18. The molecule has 0 fully saturated rings. The summed E-state index contributed by atoms with van der Waals surface area (Å²) in [6.45, 7) is 6.70. The summed E-state index contributed by atoms with van der Waals surface area (Å²) in [5.74, 6) is 0. The smallest absolute Gasteiger partial charge is 0.214 e. The van der Waals surface area contributed by atoms with Crippen molar-refractivity contribution in [1.29, 1.82) is 0 Å². The Morgan fingerprint density at radius 3 is 1.24 bits per heavy atom. The van der Waals surface area contributed by atoms with Crippen molar-refractivity contribution in [2.24, 2.45) is 0 Å². The van der Waals surface area contributed by atoms with Crippen LogP contribution in [0.2, 0.25) is 0 Å². The van der Waals surface area contributed by atoms with Gasteiger partial charge in [0.05, 0.1) is 22.1 Å². The molecule has 0 aliphatic heterocycles. The van der Waals surface area contributed by atoms with Crippen molar-refractivity contribution in [3.8, 4) is 0 Å². The average Bonchev–Trinajstić information content (AvgIpc) is 2.88. The summed E-state index contributed by atoms with van der Waals surface area (Å²) < 4.78 is 5.02. The zero-order chi connectivity index (χ0) is 26.4. The second-order valence-electron chi connectivity index (χ2n) is 10.9. The lowest BCUT2D eigenvalue weighted by molar-refractivity contribution is -0.678. The van der Waals surface area contributed by atoms with Crippen LogP contribution in [-0.4, -0.2) is 28.2 Å². The quantitative estimate of drug-likeness (QED) is 0.158. The Hall–Kier alpha value is -3.14. The molecule has 0 bridgehead atoms. The van der Waals surface area contributed by atoms with Gasteiger partial charge in [0.2, 0.25) is 11.0 Å².